The van der Waals surface area contributed by atoms with Crippen molar-refractivity contribution in [2.45, 2.75) is 23.8 Å². The van der Waals surface area contributed by atoms with E-state index in [0.29, 0.717) is 19.4 Å². The molecule has 0 aromatic heterocycles. The number of carbonyl (C=O) groups is 2. The fourth-order valence-electron chi connectivity index (χ4n) is 2.19. The molecule has 1 heterocycles. The number of nitrogens with zero attached hydrogens (tertiary/aromatic N) is 1. The molecular weight excluding hydrogens is 326 g/mol. The second-order valence-electron chi connectivity index (χ2n) is 5.20. The summed E-state index contributed by atoms with van der Waals surface area (Å²) in [6.45, 7) is 0.528. The van der Waals surface area contributed by atoms with E-state index in [4.69, 9.17) is 0 Å². The number of rotatable bonds is 4. The van der Waals surface area contributed by atoms with Crippen molar-refractivity contribution in [2.24, 2.45) is 0 Å². The molecule has 1 saturated heterocycles. The largest absolute Gasteiger partial charge is 0.354 e. The summed E-state index contributed by atoms with van der Waals surface area (Å²) in [4.78, 5) is 33.6. The molecule has 0 spiro atoms. The first-order chi connectivity index (χ1) is 10.7. The van der Waals surface area contributed by atoms with Gasteiger partial charge in [-0.2, -0.15) is 0 Å². The topological polar surface area (TPSA) is 135 Å². The second-order valence-corrected chi connectivity index (χ2v) is 7.22. The number of hydrogen-bond acceptors (Lipinski definition) is 6. The van der Waals surface area contributed by atoms with E-state index in [0.717, 1.165) is 24.5 Å². The maximum absolute atomic E-state index is 12.2. The maximum Gasteiger partial charge on any atom is 0.271 e. The standard InChI is InChI=1S/C13H15N3O6S/c1-23(21,22)10-6-8(5-9(7-10)16(19)20)12(17)15-11-3-2-4-14-13(11)18/h5-7,11H,2-4H2,1H3,(H,14,18)(H,15,17)/t11-/m1/s1. The predicted octanol–water partition coefficient (Wildman–Crippen LogP) is 0.00670. The van der Waals surface area contributed by atoms with Crippen LogP contribution in [0.2, 0.25) is 0 Å². The highest BCUT2D eigenvalue weighted by Crippen LogP contribution is 2.21. The Hall–Kier alpha value is -2.49. The van der Waals surface area contributed by atoms with Gasteiger partial charge in [0.1, 0.15) is 6.04 Å². The quantitative estimate of drug-likeness (QED) is 0.585. The molecule has 0 aliphatic carbocycles. The Morgan fingerprint density at radius 3 is 2.65 bits per heavy atom. The van der Waals surface area contributed by atoms with Gasteiger partial charge in [-0.1, -0.05) is 0 Å². The highest BCUT2D eigenvalue weighted by atomic mass is 32.2. The van der Waals surface area contributed by atoms with Gasteiger partial charge in [0.15, 0.2) is 9.84 Å². The molecular formula is C13H15N3O6S. The molecule has 1 aromatic carbocycles. The summed E-state index contributed by atoms with van der Waals surface area (Å²) in [6.07, 6.45) is 2.04. The van der Waals surface area contributed by atoms with E-state index in [9.17, 15) is 28.1 Å². The highest BCUT2D eigenvalue weighted by Gasteiger charge is 2.25. The third-order valence-electron chi connectivity index (χ3n) is 3.38. The third kappa shape index (κ3) is 4.03. The average Bonchev–Trinajstić information content (AvgIpc) is 2.48. The summed E-state index contributed by atoms with van der Waals surface area (Å²) in [5.74, 6) is -1.07. The molecule has 0 bridgehead atoms. The number of benzene rings is 1. The predicted molar refractivity (Wildman–Crippen MR) is 79.7 cm³/mol. The molecule has 1 fully saturated rings. The summed E-state index contributed by atoms with van der Waals surface area (Å²) in [6, 6.07) is 2.18. The molecule has 1 aliphatic rings. The molecule has 0 unspecified atom stereocenters. The van der Waals surface area contributed by atoms with Crippen LogP contribution in [0.25, 0.3) is 0 Å². The van der Waals surface area contributed by atoms with Crippen molar-refractivity contribution in [2.75, 3.05) is 12.8 Å². The van der Waals surface area contributed by atoms with Gasteiger partial charge in [-0.25, -0.2) is 8.42 Å². The first kappa shape index (κ1) is 16.9. The second kappa shape index (κ2) is 6.32. The van der Waals surface area contributed by atoms with Crippen molar-refractivity contribution in [1.29, 1.82) is 0 Å². The first-order valence-corrected chi connectivity index (χ1v) is 8.66. The monoisotopic (exact) mass is 341 g/mol. The van der Waals surface area contributed by atoms with Crippen LogP contribution in [0.1, 0.15) is 23.2 Å². The van der Waals surface area contributed by atoms with Gasteiger partial charge in [0.2, 0.25) is 5.91 Å². The van der Waals surface area contributed by atoms with Crippen LogP contribution in [-0.4, -0.2) is 44.0 Å². The van der Waals surface area contributed by atoms with Gasteiger partial charge in [-0.15, -0.1) is 0 Å². The molecule has 1 atom stereocenters. The SMILES string of the molecule is CS(=O)(=O)c1cc(C(=O)N[C@@H]2CCCNC2=O)cc([N+](=O)[O-])c1. The maximum atomic E-state index is 12.2. The van der Waals surface area contributed by atoms with E-state index < -0.39 is 32.4 Å². The number of amides is 2. The molecule has 9 nitrogen and oxygen atoms in total. The van der Waals surface area contributed by atoms with E-state index in [1.807, 2.05) is 0 Å². The smallest absolute Gasteiger partial charge is 0.271 e. The van der Waals surface area contributed by atoms with Crippen molar-refractivity contribution in [3.8, 4) is 0 Å². The zero-order chi connectivity index (χ0) is 17.2. The molecule has 2 rings (SSSR count). The van der Waals surface area contributed by atoms with Crippen LogP contribution in [0.15, 0.2) is 23.1 Å². The fourth-order valence-corrected chi connectivity index (χ4v) is 2.86. The van der Waals surface area contributed by atoms with Crippen LogP contribution in [0.4, 0.5) is 5.69 Å². The zero-order valence-electron chi connectivity index (χ0n) is 12.2. The molecule has 124 valence electrons. The van der Waals surface area contributed by atoms with Crippen LogP contribution < -0.4 is 10.6 Å². The van der Waals surface area contributed by atoms with Gasteiger partial charge < -0.3 is 10.6 Å². The highest BCUT2D eigenvalue weighted by molar-refractivity contribution is 7.90. The number of non-ortho nitro benzene ring substituents is 1. The van der Waals surface area contributed by atoms with Crippen molar-refractivity contribution in [3.63, 3.8) is 0 Å². The number of carbonyl (C=O) groups excluding carboxylic acids is 2. The lowest BCUT2D eigenvalue weighted by molar-refractivity contribution is -0.385. The average molecular weight is 341 g/mol. The van der Waals surface area contributed by atoms with Crippen molar-refractivity contribution < 1.29 is 22.9 Å². The van der Waals surface area contributed by atoms with E-state index in [1.54, 1.807) is 0 Å². The lowest BCUT2D eigenvalue weighted by atomic mass is 10.1. The number of sulfone groups is 1. The van der Waals surface area contributed by atoms with Gasteiger partial charge in [0, 0.05) is 30.5 Å². The number of nitro benzene ring substituents is 1. The minimum atomic E-state index is -3.72. The lowest BCUT2D eigenvalue weighted by Crippen LogP contribution is -2.50. The van der Waals surface area contributed by atoms with E-state index in [2.05, 4.69) is 10.6 Å². The summed E-state index contributed by atoms with van der Waals surface area (Å²) >= 11 is 0. The number of nitro groups is 1. The van der Waals surface area contributed by atoms with Gasteiger partial charge in [-0.3, -0.25) is 19.7 Å². The molecule has 1 aromatic rings. The summed E-state index contributed by atoms with van der Waals surface area (Å²) in [5.41, 5.74) is -0.691. The Kier molecular flexibility index (Phi) is 4.64. The molecule has 10 heteroatoms. The number of hydrogen-bond donors (Lipinski definition) is 2. The van der Waals surface area contributed by atoms with Crippen molar-refractivity contribution >= 4 is 27.3 Å². The molecule has 0 saturated carbocycles. The van der Waals surface area contributed by atoms with Crippen molar-refractivity contribution in [3.05, 3.63) is 33.9 Å². The third-order valence-corrected chi connectivity index (χ3v) is 4.48. The Bertz CT molecular complexity index is 774. The van der Waals surface area contributed by atoms with E-state index in [-0.39, 0.29) is 16.4 Å². The minimum absolute atomic E-state index is 0.182. The lowest BCUT2D eigenvalue weighted by Gasteiger charge is -2.22. The van der Waals surface area contributed by atoms with Gasteiger partial charge in [-0.05, 0) is 18.9 Å². The molecule has 23 heavy (non-hydrogen) atoms. The molecule has 0 radical (unpaired) electrons. The Morgan fingerprint density at radius 2 is 2.09 bits per heavy atom. The van der Waals surface area contributed by atoms with Crippen LogP contribution >= 0.6 is 0 Å². The van der Waals surface area contributed by atoms with Gasteiger partial charge >= 0.3 is 0 Å². The van der Waals surface area contributed by atoms with Crippen LogP contribution in [0, 0.1) is 10.1 Å². The zero-order valence-corrected chi connectivity index (χ0v) is 13.1. The van der Waals surface area contributed by atoms with Crippen LogP contribution in [-0.2, 0) is 14.6 Å². The summed E-state index contributed by atoms with van der Waals surface area (Å²) < 4.78 is 23.2. The van der Waals surface area contributed by atoms with Crippen molar-refractivity contribution in [1.82, 2.24) is 10.6 Å². The Balaban J connectivity index is 2.33. The normalized spacial score (nSPS) is 18.1. The molecule has 1 aliphatic heterocycles. The van der Waals surface area contributed by atoms with E-state index >= 15 is 0 Å². The number of nitrogens with one attached hydrogen (secondary N) is 2. The van der Waals surface area contributed by atoms with Crippen LogP contribution in [0.5, 0.6) is 0 Å². The Morgan fingerprint density at radius 1 is 1.39 bits per heavy atom. The summed E-state index contributed by atoms with van der Waals surface area (Å²) in [7, 11) is -3.72. The molecule has 2 amide bonds. The number of piperidine rings is 1. The van der Waals surface area contributed by atoms with Gasteiger partial charge in [0.05, 0.1) is 9.82 Å². The van der Waals surface area contributed by atoms with Gasteiger partial charge in [0.25, 0.3) is 11.6 Å². The summed E-state index contributed by atoms with van der Waals surface area (Å²) in [5, 5.41) is 16.0. The van der Waals surface area contributed by atoms with E-state index in [1.165, 1.54) is 0 Å². The Labute approximate surface area is 132 Å². The first-order valence-electron chi connectivity index (χ1n) is 6.76. The van der Waals surface area contributed by atoms with Crippen LogP contribution in [0.3, 0.4) is 0 Å². The molecule has 2 N–H and O–H groups in total. The fraction of sp³-hybridized carbons (Fsp3) is 0.385. The minimum Gasteiger partial charge on any atom is -0.354 e.